The Morgan fingerprint density at radius 2 is 1.70 bits per heavy atom. The molecule has 0 aromatic heterocycles. The lowest BCUT2D eigenvalue weighted by Gasteiger charge is -2.35. The van der Waals surface area contributed by atoms with Gasteiger partial charge < -0.3 is 10.6 Å². The summed E-state index contributed by atoms with van der Waals surface area (Å²) >= 11 is 0. The highest BCUT2D eigenvalue weighted by molar-refractivity contribution is 5.90. The SMILES string of the molecule is C1CCC(C2=NC3(CCNCC3)C(=C3CCC3)N2)CC1. The molecule has 0 radical (unpaired) electrons. The van der Waals surface area contributed by atoms with Gasteiger partial charge in [0, 0.05) is 11.6 Å². The van der Waals surface area contributed by atoms with Crippen molar-refractivity contribution in [3.63, 3.8) is 0 Å². The molecule has 4 aliphatic rings. The van der Waals surface area contributed by atoms with Gasteiger partial charge in [-0.3, -0.25) is 4.99 Å². The maximum Gasteiger partial charge on any atom is 0.105 e. The van der Waals surface area contributed by atoms with Crippen molar-refractivity contribution in [1.29, 1.82) is 0 Å². The van der Waals surface area contributed by atoms with Gasteiger partial charge in [-0.25, -0.2) is 0 Å². The molecule has 0 aromatic rings. The van der Waals surface area contributed by atoms with Crippen LogP contribution in [0.2, 0.25) is 0 Å². The number of nitrogens with zero attached hydrogens (tertiary/aromatic N) is 1. The highest BCUT2D eigenvalue weighted by Crippen LogP contribution is 2.42. The molecule has 1 saturated heterocycles. The quantitative estimate of drug-likeness (QED) is 0.770. The predicted molar refractivity (Wildman–Crippen MR) is 82.9 cm³/mol. The van der Waals surface area contributed by atoms with E-state index in [4.69, 9.17) is 4.99 Å². The minimum atomic E-state index is 0.133. The maximum absolute atomic E-state index is 5.29. The van der Waals surface area contributed by atoms with Gasteiger partial charge >= 0.3 is 0 Å². The molecule has 4 rings (SSSR count). The van der Waals surface area contributed by atoms with Gasteiger partial charge in [0.15, 0.2) is 0 Å². The molecule has 2 aliphatic heterocycles. The van der Waals surface area contributed by atoms with Crippen molar-refractivity contribution in [2.24, 2.45) is 10.9 Å². The summed E-state index contributed by atoms with van der Waals surface area (Å²) in [6.07, 6.45) is 13.3. The maximum atomic E-state index is 5.29. The first kappa shape index (κ1) is 12.9. The fourth-order valence-corrected chi connectivity index (χ4v) is 4.35. The van der Waals surface area contributed by atoms with Crippen LogP contribution in [0.3, 0.4) is 0 Å². The minimum Gasteiger partial charge on any atom is -0.345 e. The number of nitrogens with one attached hydrogen (secondary N) is 2. The summed E-state index contributed by atoms with van der Waals surface area (Å²) in [5, 5.41) is 7.33. The van der Waals surface area contributed by atoms with E-state index in [9.17, 15) is 0 Å². The van der Waals surface area contributed by atoms with Crippen molar-refractivity contribution in [2.75, 3.05) is 13.1 Å². The van der Waals surface area contributed by atoms with Gasteiger partial charge in [-0.1, -0.05) is 19.3 Å². The van der Waals surface area contributed by atoms with Crippen LogP contribution in [-0.2, 0) is 0 Å². The lowest BCUT2D eigenvalue weighted by molar-refractivity contribution is 0.356. The molecule has 0 amide bonds. The molecule has 1 spiro atoms. The molecular weight excluding hydrogens is 246 g/mol. The van der Waals surface area contributed by atoms with E-state index in [0.29, 0.717) is 5.92 Å². The summed E-state index contributed by atoms with van der Waals surface area (Å²) in [7, 11) is 0. The molecule has 2 heterocycles. The number of allylic oxidation sites excluding steroid dienone is 1. The molecule has 110 valence electrons. The third kappa shape index (κ3) is 2.11. The van der Waals surface area contributed by atoms with Crippen molar-refractivity contribution in [3.05, 3.63) is 11.3 Å². The van der Waals surface area contributed by atoms with Crippen LogP contribution in [0.15, 0.2) is 16.3 Å². The van der Waals surface area contributed by atoms with Gasteiger partial charge in [0.05, 0.1) is 0 Å². The van der Waals surface area contributed by atoms with Gasteiger partial charge in [0.1, 0.15) is 11.4 Å². The van der Waals surface area contributed by atoms with Gasteiger partial charge in [-0.05, 0) is 63.6 Å². The van der Waals surface area contributed by atoms with Crippen molar-refractivity contribution < 1.29 is 0 Å². The van der Waals surface area contributed by atoms with E-state index in [-0.39, 0.29) is 5.54 Å². The molecule has 0 atom stereocenters. The number of rotatable bonds is 1. The zero-order valence-corrected chi connectivity index (χ0v) is 12.5. The van der Waals surface area contributed by atoms with E-state index in [1.54, 1.807) is 5.57 Å². The largest absolute Gasteiger partial charge is 0.345 e. The Balaban J connectivity index is 1.63. The van der Waals surface area contributed by atoms with Gasteiger partial charge in [-0.15, -0.1) is 0 Å². The van der Waals surface area contributed by atoms with E-state index < -0.39 is 0 Å². The first-order valence-corrected chi connectivity index (χ1v) is 8.67. The van der Waals surface area contributed by atoms with Crippen molar-refractivity contribution in [2.45, 2.75) is 69.7 Å². The Morgan fingerprint density at radius 3 is 2.35 bits per heavy atom. The average molecular weight is 273 g/mol. The smallest absolute Gasteiger partial charge is 0.105 e. The van der Waals surface area contributed by atoms with Crippen LogP contribution in [-0.4, -0.2) is 24.5 Å². The molecule has 20 heavy (non-hydrogen) atoms. The van der Waals surface area contributed by atoms with Crippen molar-refractivity contribution >= 4 is 5.84 Å². The highest BCUT2D eigenvalue weighted by atomic mass is 15.2. The van der Waals surface area contributed by atoms with Crippen LogP contribution >= 0.6 is 0 Å². The summed E-state index contributed by atoms with van der Waals surface area (Å²) in [6, 6.07) is 0. The topological polar surface area (TPSA) is 36.4 Å². The third-order valence-electron chi connectivity index (χ3n) is 5.79. The third-order valence-corrected chi connectivity index (χ3v) is 5.79. The van der Waals surface area contributed by atoms with Gasteiger partial charge in [0.25, 0.3) is 0 Å². The second-order valence-electron chi connectivity index (χ2n) is 7.07. The predicted octanol–water partition coefficient (Wildman–Crippen LogP) is 3.13. The molecule has 0 aromatic carbocycles. The zero-order valence-electron chi connectivity index (χ0n) is 12.5. The molecule has 3 fully saturated rings. The summed E-state index contributed by atoms with van der Waals surface area (Å²) in [6.45, 7) is 2.25. The zero-order chi connectivity index (χ0) is 13.4. The monoisotopic (exact) mass is 273 g/mol. The lowest BCUT2D eigenvalue weighted by Crippen LogP contribution is -2.43. The minimum absolute atomic E-state index is 0.133. The molecule has 3 heteroatoms. The van der Waals surface area contributed by atoms with E-state index >= 15 is 0 Å². The first-order chi connectivity index (χ1) is 9.87. The van der Waals surface area contributed by atoms with Crippen LogP contribution in [0, 0.1) is 5.92 Å². The Morgan fingerprint density at radius 1 is 0.950 bits per heavy atom. The summed E-state index contributed by atoms with van der Waals surface area (Å²) in [5.74, 6) is 2.06. The fourth-order valence-electron chi connectivity index (χ4n) is 4.35. The van der Waals surface area contributed by atoms with Crippen molar-refractivity contribution in [1.82, 2.24) is 10.6 Å². The number of hydrogen-bond donors (Lipinski definition) is 2. The second kappa shape index (κ2) is 5.18. The standard InChI is InChI=1S/C17H27N3/c1-2-5-14(6-3-1)16-19-15(13-7-4-8-13)17(20-16)9-11-18-12-10-17/h14,18H,1-12H2,(H,19,20). The lowest BCUT2D eigenvalue weighted by atomic mass is 9.79. The van der Waals surface area contributed by atoms with E-state index in [1.165, 1.54) is 75.7 Å². The normalized spacial score (nSPS) is 30.1. The van der Waals surface area contributed by atoms with Crippen LogP contribution in [0.25, 0.3) is 0 Å². The fraction of sp³-hybridized carbons (Fsp3) is 0.824. The molecule has 0 unspecified atom stereocenters. The Bertz CT molecular complexity index is 431. The van der Waals surface area contributed by atoms with Crippen molar-refractivity contribution in [3.8, 4) is 0 Å². The summed E-state index contributed by atoms with van der Waals surface area (Å²) in [5.41, 5.74) is 3.35. The molecule has 2 saturated carbocycles. The number of hydrogen-bond acceptors (Lipinski definition) is 3. The highest BCUT2D eigenvalue weighted by Gasteiger charge is 2.44. The van der Waals surface area contributed by atoms with E-state index in [2.05, 4.69) is 10.6 Å². The molecule has 3 nitrogen and oxygen atoms in total. The number of amidine groups is 1. The van der Waals surface area contributed by atoms with Crippen LogP contribution < -0.4 is 10.6 Å². The van der Waals surface area contributed by atoms with Crippen LogP contribution in [0.5, 0.6) is 0 Å². The molecule has 2 aliphatic carbocycles. The number of aliphatic imine (C=N–C) groups is 1. The first-order valence-electron chi connectivity index (χ1n) is 8.67. The average Bonchev–Trinajstić information content (AvgIpc) is 2.78. The van der Waals surface area contributed by atoms with Crippen LogP contribution in [0.1, 0.15) is 64.2 Å². The summed E-state index contributed by atoms with van der Waals surface area (Å²) in [4.78, 5) is 5.29. The second-order valence-corrected chi connectivity index (χ2v) is 7.07. The van der Waals surface area contributed by atoms with E-state index in [0.717, 1.165) is 13.1 Å². The molecule has 0 bridgehead atoms. The van der Waals surface area contributed by atoms with Gasteiger partial charge in [-0.2, -0.15) is 0 Å². The van der Waals surface area contributed by atoms with Crippen LogP contribution in [0.4, 0.5) is 0 Å². The Hall–Kier alpha value is -0.830. The van der Waals surface area contributed by atoms with Gasteiger partial charge in [0.2, 0.25) is 0 Å². The summed E-state index contributed by atoms with van der Waals surface area (Å²) < 4.78 is 0. The Labute approximate surface area is 122 Å². The Kier molecular flexibility index (Phi) is 3.33. The number of piperidine rings is 1. The van der Waals surface area contributed by atoms with E-state index in [1.807, 2.05) is 0 Å². The molecular formula is C17H27N3. The molecule has 2 N–H and O–H groups in total.